The van der Waals surface area contributed by atoms with Gasteiger partial charge in [-0.2, -0.15) is 5.26 Å². The Balaban J connectivity index is 3.32. The first-order valence-electron chi connectivity index (χ1n) is 6.96. The van der Waals surface area contributed by atoms with Gasteiger partial charge < -0.3 is 4.74 Å². The van der Waals surface area contributed by atoms with E-state index in [4.69, 9.17) is 5.26 Å². The molecule has 0 radical (unpaired) electrons. The van der Waals surface area contributed by atoms with Gasteiger partial charge in [0.25, 0.3) is 0 Å². The predicted octanol–water partition coefficient (Wildman–Crippen LogP) is 4.31. The predicted molar refractivity (Wildman–Crippen MR) is 77.5 cm³/mol. The lowest BCUT2D eigenvalue weighted by atomic mass is 10.1. The summed E-state index contributed by atoms with van der Waals surface area (Å²) >= 11 is 0. The first kappa shape index (κ1) is 17.4. The van der Waals surface area contributed by atoms with Crippen LogP contribution in [0.25, 0.3) is 0 Å². The van der Waals surface area contributed by atoms with E-state index in [-0.39, 0.29) is 5.97 Å². The molecule has 0 heterocycles. The lowest BCUT2D eigenvalue weighted by Crippen LogP contribution is -1.98. The molecule has 0 aromatic heterocycles. The van der Waals surface area contributed by atoms with Crippen molar-refractivity contribution in [2.75, 3.05) is 7.11 Å². The summed E-state index contributed by atoms with van der Waals surface area (Å²) in [6.45, 7) is 3.93. The summed E-state index contributed by atoms with van der Waals surface area (Å²) in [6, 6.07) is 2.12. The number of nitrogens with zero attached hydrogens (tertiary/aromatic N) is 1. The lowest BCUT2D eigenvalue weighted by molar-refractivity contribution is -0.140. The van der Waals surface area contributed by atoms with Gasteiger partial charge in [-0.3, -0.25) is 4.79 Å². The number of allylic oxidation sites excluding steroid dienone is 3. The summed E-state index contributed by atoms with van der Waals surface area (Å²) in [5, 5.41) is 8.44. The number of rotatable bonds is 11. The molecule has 0 unspecified atom stereocenters. The number of hydrogen-bond donors (Lipinski definition) is 0. The molecule has 19 heavy (non-hydrogen) atoms. The first-order chi connectivity index (χ1) is 9.20. The smallest absolute Gasteiger partial charge is 0.305 e. The molecule has 0 aliphatic heterocycles. The molecule has 0 aliphatic carbocycles. The average molecular weight is 263 g/mol. The summed E-state index contributed by atoms with van der Waals surface area (Å²) in [5.41, 5.74) is 1.12. The molecule has 0 spiro atoms. The quantitative estimate of drug-likeness (QED) is 0.317. The molecular formula is C16H25NO2. The van der Waals surface area contributed by atoms with Crippen molar-refractivity contribution < 1.29 is 9.53 Å². The SMILES string of the molecule is C=C(C/C=C/CCCCCCC(=O)OC)CCC#N. The van der Waals surface area contributed by atoms with E-state index >= 15 is 0 Å². The fourth-order valence-corrected chi connectivity index (χ4v) is 1.69. The van der Waals surface area contributed by atoms with Crippen LogP contribution in [0.4, 0.5) is 0 Å². The molecule has 3 heteroatoms. The number of hydrogen-bond acceptors (Lipinski definition) is 3. The van der Waals surface area contributed by atoms with Crippen LogP contribution in [0.2, 0.25) is 0 Å². The van der Waals surface area contributed by atoms with Crippen molar-refractivity contribution >= 4 is 5.97 Å². The zero-order chi connectivity index (χ0) is 14.3. The molecule has 106 valence electrons. The van der Waals surface area contributed by atoms with E-state index in [9.17, 15) is 4.79 Å². The molecule has 0 aromatic rings. The largest absolute Gasteiger partial charge is 0.469 e. The number of esters is 1. The van der Waals surface area contributed by atoms with E-state index in [0.717, 1.165) is 50.5 Å². The molecular weight excluding hydrogens is 238 g/mol. The van der Waals surface area contributed by atoms with Crippen LogP contribution in [0, 0.1) is 11.3 Å². The maximum absolute atomic E-state index is 10.9. The highest BCUT2D eigenvalue weighted by Gasteiger charge is 1.98. The van der Waals surface area contributed by atoms with Crippen LogP contribution >= 0.6 is 0 Å². The normalized spacial score (nSPS) is 10.3. The summed E-state index contributed by atoms with van der Waals surface area (Å²) < 4.78 is 4.58. The maximum Gasteiger partial charge on any atom is 0.305 e. The van der Waals surface area contributed by atoms with Crippen molar-refractivity contribution in [3.63, 3.8) is 0 Å². The Bertz CT molecular complexity index is 326. The topological polar surface area (TPSA) is 50.1 Å². The molecule has 3 nitrogen and oxygen atoms in total. The molecule has 0 aromatic carbocycles. The van der Waals surface area contributed by atoms with Crippen LogP contribution in [0.3, 0.4) is 0 Å². The Labute approximate surface area is 117 Å². The number of unbranched alkanes of at least 4 members (excludes halogenated alkanes) is 4. The molecule has 0 N–H and O–H groups in total. The van der Waals surface area contributed by atoms with Crippen molar-refractivity contribution in [3.8, 4) is 6.07 Å². The minimum Gasteiger partial charge on any atom is -0.469 e. The molecule has 0 fully saturated rings. The van der Waals surface area contributed by atoms with Gasteiger partial charge in [0, 0.05) is 12.8 Å². The molecule has 0 bridgehead atoms. The third-order valence-corrected chi connectivity index (χ3v) is 2.89. The van der Waals surface area contributed by atoms with E-state index < -0.39 is 0 Å². The summed E-state index contributed by atoms with van der Waals surface area (Å²) in [5.74, 6) is -0.115. The zero-order valence-corrected chi connectivity index (χ0v) is 12.0. The molecule has 0 aliphatic rings. The molecule has 0 saturated heterocycles. The Kier molecular flexibility index (Phi) is 11.8. The number of carbonyl (C=O) groups excluding carboxylic acids is 1. The second-order valence-electron chi connectivity index (χ2n) is 4.61. The fourth-order valence-electron chi connectivity index (χ4n) is 1.69. The lowest BCUT2D eigenvalue weighted by Gasteiger charge is -1.99. The van der Waals surface area contributed by atoms with E-state index in [2.05, 4.69) is 29.5 Å². The van der Waals surface area contributed by atoms with Gasteiger partial charge in [0.1, 0.15) is 0 Å². The Hall–Kier alpha value is -1.56. The summed E-state index contributed by atoms with van der Waals surface area (Å²) in [6.07, 6.45) is 12.5. The molecule has 0 atom stereocenters. The van der Waals surface area contributed by atoms with Gasteiger partial charge in [-0.25, -0.2) is 0 Å². The number of nitriles is 1. The van der Waals surface area contributed by atoms with Crippen molar-refractivity contribution in [3.05, 3.63) is 24.3 Å². The highest BCUT2D eigenvalue weighted by atomic mass is 16.5. The van der Waals surface area contributed by atoms with Gasteiger partial charge in [-0.15, -0.1) is 0 Å². The highest BCUT2D eigenvalue weighted by Crippen LogP contribution is 2.09. The fraction of sp³-hybridized carbons (Fsp3) is 0.625. The number of ether oxygens (including phenoxy) is 1. The van der Waals surface area contributed by atoms with Crippen molar-refractivity contribution in [1.82, 2.24) is 0 Å². The zero-order valence-electron chi connectivity index (χ0n) is 12.0. The standard InChI is InChI=1S/C16H25NO2/c1-15(12-10-14-17)11-8-6-4-3-5-7-9-13-16(18)19-2/h6,8H,1,3-5,7,9-13H2,2H3/b8-6+. The Morgan fingerprint density at radius 1 is 1.21 bits per heavy atom. The summed E-state index contributed by atoms with van der Waals surface area (Å²) in [7, 11) is 1.43. The van der Waals surface area contributed by atoms with Crippen LogP contribution in [-0.2, 0) is 9.53 Å². The van der Waals surface area contributed by atoms with E-state index in [1.807, 2.05) is 0 Å². The third kappa shape index (κ3) is 12.7. The van der Waals surface area contributed by atoms with Crippen molar-refractivity contribution in [2.45, 2.75) is 57.8 Å². The summed E-state index contributed by atoms with van der Waals surface area (Å²) in [4.78, 5) is 10.9. The Morgan fingerprint density at radius 3 is 2.63 bits per heavy atom. The molecule has 0 amide bonds. The van der Waals surface area contributed by atoms with Crippen LogP contribution < -0.4 is 0 Å². The van der Waals surface area contributed by atoms with Crippen LogP contribution in [0.15, 0.2) is 24.3 Å². The third-order valence-electron chi connectivity index (χ3n) is 2.89. The van der Waals surface area contributed by atoms with Crippen LogP contribution in [0.5, 0.6) is 0 Å². The van der Waals surface area contributed by atoms with E-state index in [1.54, 1.807) is 0 Å². The second kappa shape index (κ2) is 12.9. The number of methoxy groups -OCH3 is 1. The van der Waals surface area contributed by atoms with Crippen molar-refractivity contribution in [1.29, 1.82) is 5.26 Å². The second-order valence-corrected chi connectivity index (χ2v) is 4.61. The Morgan fingerprint density at radius 2 is 1.95 bits per heavy atom. The highest BCUT2D eigenvalue weighted by molar-refractivity contribution is 5.68. The van der Waals surface area contributed by atoms with Crippen LogP contribution in [0.1, 0.15) is 57.8 Å². The van der Waals surface area contributed by atoms with Gasteiger partial charge in [-0.1, -0.05) is 37.1 Å². The van der Waals surface area contributed by atoms with Gasteiger partial charge in [0.15, 0.2) is 0 Å². The van der Waals surface area contributed by atoms with E-state index in [1.165, 1.54) is 7.11 Å². The minimum absolute atomic E-state index is 0.115. The van der Waals surface area contributed by atoms with Crippen LogP contribution in [-0.4, -0.2) is 13.1 Å². The monoisotopic (exact) mass is 263 g/mol. The van der Waals surface area contributed by atoms with Gasteiger partial charge in [0.05, 0.1) is 13.2 Å². The molecule has 0 rings (SSSR count). The first-order valence-corrected chi connectivity index (χ1v) is 6.96. The van der Waals surface area contributed by atoms with E-state index in [0.29, 0.717) is 12.8 Å². The van der Waals surface area contributed by atoms with Crippen molar-refractivity contribution in [2.24, 2.45) is 0 Å². The maximum atomic E-state index is 10.9. The minimum atomic E-state index is -0.115. The van der Waals surface area contributed by atoms with Gasteiger partial charge >= 0.3 is 5.97 Å². The van der Waals surface area contributed by atoms with Gasteiger partial charge in [-0.05, 0) is 32.1 Å². The molecule has 0 saturated carbocycles. The number of carbonyl (C=O) groups is 1. The average Bonchev–Trinajstić information content (AvgIpc) is 2.42. The van der Waals surface area contributed by atoms with Gasteiger partial charge in [0.2, 0.25) is 0 Å².